The van der Waals surface area contributed by atoms with Crippen LogP contribution < -0.4 is 11.1 Å². The second-order valence-electron chi connectivity index (χ2n) is 5.95. The maximum absolute atomic E-state index is 12.5. The van der Waals surface area contributed by atoms with Crippen LogP contribution in [0.1, 0.15) is 44.3 Å². The Labute approximate surface area is 124 Å². The van der Waals surface area contributed by atoms with Gasteiger partial charge in [0.1, 0.15) is 10.7 Å². The fourth-order valence-electron chi connectivity index (χ4n) is 1.66. The van der Waals surface area contributed by atoms with Gasteiger partial charge in [0.2, 0.25) is 0 Å². The van der Waals surface area contributed by atoms with E-state index in [-0.39, 0.29) is 23.3 Å². The summed E-state index contributed by atoms with van der Waals surface area (Å²) in [6, 6.07) is 0.0843. The summed E-state index contributed by atoms with van der Waals surface area (Å²) in [5.41, 5.74) is 5.76. The van der Waals surface area contributed by atoms with Crippen molar-refractivity contribution in [2.45, 2.75) is 46.2 Å². The molecule has 0 fully saturated rings. The number of hydrogen-bond donors (Lipinski definition) is 2. The first-order valence-electron chi connectivity index (χ1n) is 6.62. The number of nitrogens with two attached hydrogens (primary N) is 1. The minimum Gasteiger partial charge on any atom is -0.382 e. The third kappa shape index (κ3) is 4.23. The van der Waals surface area contributed by atoms with E-state index < -0.39 is 0 Å². The van der Waals surface area contributed by atoms with Crippen LogP contribution in [0.25, 0.3) is 0 Å². The summed E-state index contributed by atoms with van der Waals surface area (Å²) in [6.07, 6.45) is 1.71. The van der Waals surface area contributed by atoms with E-state index in [1.807, 2.05) is 34.6 Å². The molecule has 0 radical (unpaired) electrons. The van der Waals surface area contributed by atoms with E-state index in [1.54, 1.807) is 11.0 Å². The normalized spacial score (nSPS) is 11.5. The second-order valence-corrected chi connectivity index (χ2v) is 6.95. The zero-order valence-electron chi connectivity index (χ0n) is 12.9. The lowest BCUT2D eigenvalue weighted by Gasteiger charge is -2.24. The van der Waals surface area contributed by atoms with Gasteiger partial charge in [-0.25, -0.2) is 4.98 Å². The molecule has 0 aromatic carbocycles. The van der Waals surface area contributed by atoms with Crippen molar-refractivity contribution in [2.24, 2.45) is 0 Å². The molecule has 6 heteroatoms. The summed E-state index contributed by atoms with van der Waals surface area (Å²) < 4.78 is 0. The average molecular weight is 296 g/mol. The minimum atomic E-state index is -0.122. The van der Waals surface area contributed by atoms with Crippen molar-refractivity contribution in [2.75, 3.05) is 17.6 Å². The van der Waals surface area contributed by atoms with Gasteiger partial charge in [0.25, 0.3) is 5.91 Å². The Morgan fingerprint density at radius 1 is 1.55 bits per heavy atom. The van der Waals surface area contributed by atoms with Crippen molar-refractivity contribution in [1.82, 2.24) is 9.88 Å². The number of anilines is 2. The number of hydrogen-bond acceptors (Lipinski definition) is 5. The number of nitrogen functional groups attached to an aromatic ring is 1. The largest absolute Gasteiger partial charge is 0.382 e. The minimum absolute atomic E-state index is 0.0843. The van der Waals surface area contributed by atoms with Crippen LogP contribution in [0.2, 0.25) is 0 Å². The van der Waals surface area contributed by atoms with E-state index in [4.69, 9.17) is 5.73 Å². The van der Waals surface area contributed by atoms with Crippen molar-refractivity contribution in [3.8, 4) is 0 Å². The Kier molecular flexibility index (Phi) is 5.16. The standard InChI is InChI=1S/C14H24N4OS/c1-7-8-18(9(2)3)12(19)10-11(15)16-13(20-10)17-14(4,5)6/h7,9H,1,8,15H2,2-6H3,(H,16,17). The molecule has 0 saturated carbocycles. The highest BCUT2D eigenvalue weighted by Gasteiger charge is 2.24. The highest BCUT2D eigenvalue weighted by atomic mass is 32.1. The predicted octanol–water partition coefficient (Wildman–Crippen LogP) is 2.97. The molecule has 3 N–H and O–H groups in total. The molecule has 1 heterocycles. The van der Waals surface area contributed by atoms with E-state index in [0.717, 1.165) is 0 Å². The van der Waals surface area contributed by atoms with Gasteiger partial charge in [-0.05, 0) is 34.6 Å². The van der Waals surface area contributed by atoms with Crippen LogP contribution in [0.3, 0.4) is 0 Å². The number of nitrogens with zero attached hydrogens (tertiary/aromatic N) is 2. The van der Waals surface area contributed by atoms with Crippen molar-refractivity contribution in [3.63, 3.8) is 0 Å². The fourth-order valence-corrected chi connectivity index (χ4v) is 2.71. The van der Waals surface area contributed by atoms with Gasteiger partial charge >= 0.3 is 0 Å². The number of aromatic nitrogens is 1. The van der Waals surface area contributed by atoms with Gasteiger partial charge in [0.05, 0.1) is 0 Å². The molecule has 1 rings (SSSR count). The van der Waals surface area contributed by atoms with Gasteiger partial charge in [0, 0.05) is 18.1 Å². The highest BCUT2D eigenvalue weighted by molar-refractivity contribution is 7.18. The molecule has 112 valence electrons. The number of carbonyl (C=O) groups excluding carboxylic acids is 1. The Hall–Kier alpha value is -1.56. The quantitative estimate of drug-likeness (QED) is 0.819. The molecule has 1 aromatic rings. The maximum Gasteiger partial charge on any atom is 0.268 e. The Balaban J connectivity index is 3.01. The average Bonchev–Trinajstić information content (AvgIpc) is 2.63. The molecule has 0 aliphatic heterocycles. The number of carbonyl (C=O) groups is 1. The number of nitrogens with one attached hydrogen (secondary N) is 1. The fraction of sp³-hybridized carbons (Fsp3) is 0.571. The molecule has 0 saturated heterocycles. The van der Waals surface area contributed by atoms with Crippen LogP contribution in [-0.4, -0.2) is 33.9 Å². The van der Waals surface area contributed by atoms with Crippen LogP contribution in [0.5, 0.6) is 0 Å². The Morgan fingerprint density at radius 2 is 2.15 bits per heavy atom. The third-order valence-electron chi connectivity index (χ3n) is 2.54. The topological polar surface area (TPSA) is 71.2 Å². The van der Waals surface area contributed by atoms with E-state index in [9.17, 15) is 4.79 Å². The zero-order chi connectivity index (χ0) is 15.5. The molecule has 0 spiro atoms. The monoisotopic (exact) mass is 296 g/mol. The molecule has 0 bridgehead atoms. The number of amides is 1. The van der Waals surface area contributed by atoms with Crippen LogP contribution in [0.15, 0.2) is 12.7 Å². The van der Waals surface area contributed by atoms with Crippen LogP contribution in [-0.2, 0) is 0 Å². The van der Waals surface area contributed by atoms with Crippen molar-refractivity contribution < 1.29 is 4.79 Å². The van der Waals surface area contributed by atoms with E-state index in [0.29, 0.717) is 16.6 Å². The van der Waals surface area contributed by atoms with Gasteiger partial charge in [-0.1, -0.05) is 17.4 Å². The smallest absolute Gasteiger partial charge is 0.268 e. The van der Waals surface area contributed by atoms with E-state index >= 15 is 0 Å². The second kappa shape index (κ2) is 6.26. The maximum atomic E-state index is 12.5. The van der Waals surface area contributed by atoms with Crippen molar-refractivity contribution in [3.05, 3.63) is 17.5 Å². The summed E-state index contributed by atoms with van der Waals surface area (Å²) in [4.78, 5) is 18.9. The van der Waals surface area contributed by atoms with Crippen molar-refractivity contribution in [1.29, 1.82) is 0 Å². The summed E-state index contributed by atoms with van der Waals surface area (Å²) in [7, 11) is 0. The summed E-state index contributed by atoms with van der Waals surface area (Å²) >= 11 is 1.29. The summed E-state index contributed by atoms with van der Waals surface area (Å²) in [5, 5.41) is 3.90. The first-order chi connectivity index (χ1) is 9.15. The Bertz CT molecular complexity index is 488. The summed E-state index contributed by atoms with van der Waals surface area (Å²) in [5.74, 6) is 0.179. The lowest BCUT2D eigenvalue weighted by molar-refractivity contribution is 0.0734. The molecule has 0 atom stereocenters. The third-order valence-corrected chi connectivity index (χ3v) is 3.51. The molecule has 0 aliphatic rings. The van der Waals surface area contributed by atoms with Crippen LogP contribution in [0, 0.1) is 0 Å². The molecule has 5 nitrogen and oxygen atoms in total. The van der Waals surface area contributed by atoms with Crippen molar-refractivity contribution >= 4 is 28.2 Å². The molecular weight excluding hydrogens is 272 g/mol. The zero-order valence-corrected chi connectivity index (χ0v) is 13.7. The molecular formula is C14H24N4OS. The number of thiazole rings is 1. The Morgan fingerprint density at radius 3 is 2.60 bits per heavy atom. The molecule has 0 aliphatic carbocycles. The molecule has 0 unspecified atom stereocenters. The van der Waals surface area contributed by atoms with Gasteiger partial charge < -0.3 is 16.0 Å². The van der Waals surface area contributed by atoms with Crippen LogP contribution in [0.4, 0.5) is 10.9 Å². The summed E-state index contributed by atoms with van der Waals surface area (Å²) in [6.45, 7) is 14.2. The highest BCUT2D eigenvalue weighted by Crippen LogP contribution is 2.28. The lowest BCUT2D eigenvalue weighted by Crippen LogP contribution is -2.36. The van der Waals surface area contributed by atoms with E-state index in [1.165, 1.54) is 11.3 Å². The molecule has 20 heavy (non-hydrogen) atoms. The van der Waals surface area contributed by atoms with Crippen LogP contribution >= 0.6 is 11.3 Å². The van der Waals surface area contributed by atoms with Gasteiger partial charge in [-0.2, -0.15) is 0 Å². The predicted molar refractivity (Wildman–Crippen MR) is 86.3 cm³/mol. The SMILES string of the molecule is C=CCN(C(=O)c1sc(NC(C)(C)C)nc1N)C(C)C. The molecule has 1 aromatic heterocycles. The number of rotatable bonds is 5. The lowest BCUT2D eigenvalue weighted by atomic mass is 10.1. The first-order valence-corrected chi connectivity index (χ1v) is 7.43. The van der Waals surface area contributed by atoms with Gasteiger partial charge in [-0.3, -0.25) is 4.79 Å². The molecule has 1 amide bonds. The van der Waals surface area contributed by atoms with Gasteiger partial charge in [-0.15, -0.1) is 6.58 Å². The first kappa shape index (κ1) is 16.5. The van der Waals surface area contributed by atoms with E-state index in [2.05, 4.69) is 16.9 Å². The van der Waals surface area contributed by atoms with Gasteiger partial charge in [0.15, 0.2) is 5.13 Å².